The zero-order valence-corrected chi connectivity index (χ0v) is 10.3. The van der Waals surface area contributed by atoms with E-state index in [1.165, 1.54) is 0 Å². The molecule has 1 aromatic carbocycles. The summed E-state index contributed by atoms with van der Waals surface area (Å²) in [5.41, 5.74) is 1.46. The zero-order valence-electron chi connectivity index (χ0n) is 9.56. The first kappa shape index (κ1) is 12.1. The smallest absolute Gasteiger partial charge is 0.249 e. The van der Waals surface area contributed by atoms with Crippen LogP contribution in [0.1, 0.15) is 12.5 Å². The molecule has 1 fully saturated rings. The van der Waals surface area contributed by atoms with Crippen molar-refractivity contribution in [1.82, 2.24) is 4.90 Å². The van der Waals surface area contributed by atoms with Crippen LogP contribution in [0, 0.1) is 0 Å². The lowest BCUT2D eigenvalue weighted by Crippen LogP contribution is -2.53. The topological polar surface area (TPSA) is 40.5 Å². The first-order valence-electron chi connectivity index (χ1n) is 5.48. The quantitative estimate of drug-likeness (QED) is 0.817. The molecule has 4 heteroatoms. The maximum atomic E-state index is 11.9. The highest BCUT2D eigenvalue weighted by atomic mass is 35.5. The minimum atomic E-state index is -0.368. The lowest BCUT2D eigenvalue weighted by molar-refractivity contribution is -0.136. The Balaban J connectivity index is 2.12. The minimum Gasteiger partial charge on any atom is -0.389 e. The van der Waals surface area contributed by atoms with Gasteiger partial charge in [0.1, 0.15) is 0 Å². The highest BCUT2D eigenvalue weighted by Gasteiger charge is 2.29. The molecular formula is C13H14ClNO2. The fourth-order valence-electron chi connectivity index (χ4n) is 1.76. The Morgan fingerprint density at radius 2 is 2.12 bits per heavy atom. The SMILES string of the molecule is C/C(=C/c1ccccc1Cl)C(=O)N1CC(O)C1. The van der Waals surface area contributed by atoms with Crippen LogP contribution < -0.4 is 0 Å². The number of hydrogen-bond donors (Lipinski definition) is 1. The number of halogens is 1. The summed E-state index contributed by atoms with van der Waals surface area (Å²) in [5.74, 6) is -0.0461. The number of carbonyl (C=O) groups is 1. The fraction of sp³-hybridized carbons (Fsp3) is 0.308. The number of aliphatic hydroxyl groups excluding tert-OH is 1. The van der Waals surface area contributed by atoms with E-state index < -0.39 is 0 Å². The van der Waals surface area contributed by atoms with E-state index in [-0.39, 0.29) is 12.0 Å². The van der Waals surface area contributed by atoms with Gasteiger partial charge in [-0.25, -0.2) is 0 Å². The fourth-order valence-corrected chi connectivity index (χ4v) is 1.95. The summed E-state index contributed by atoms with van der Waals surface area (Å²) in [6, 6.07) is 7.38. The summed E-state index contributed by atoms with van der Waals surface area (Å²) in [5, 5.41) is 9.78. The zero-order chi connectivity index (χ0) is 12.4. The molecule has 1 aliphatic heterocycles. The molecule has 0 saturated carbocycles. The molecule has 1 heterocycles. The van der Waals surface area contributed by atoms with Crippen LogP contribution in [-0.4, -0.2) is 35.1 Å². The summed E-state index contributed by atoms with van der Waals surface area (Å²) in [6.07, 6.45) is 1.40. The Morgan fingerprint density at radius 3 is 2.71 bits per heavy atom. The van der Waals surface area contributed by atoms with Crippen LogP contribution in [0.15, 0.2) is 29.8 Å². The predicted molar refractivity (Wildman–Crippen MR) is 67.7 cm³/mol. The molecule has 0 atom stereocenters. The van der Waals surface area contributed by atoms with Gasteiger partial charge in [0.05, 0.1) is 6.10 Å². The van der Waals surface area contributed by atoms with E-state index in [4.69, 9.17) is 16.7 Å². The average molecular weight is 252 g/mol. The third-order valence-corrected chi connectivity index (χ3v) is 3.11. The second-order valence-corrected chi connectivity index (χ2v) is 4.62. The molecule has 3 nitrogen and oxygen atoms in total. The van der Waals surface area contributed by atoms with Crippen molar-refractivity contribution >= 4 is 23.6 Å². The minimum absolute atomic E-state index is 0.0461. The number of likely N-dealkylation sites (tertiary alicyclic amines) is 1. The van der Waals surface area contributed by atoms with Crippen LogP contribution in [0.5, 0.6) is 0 Å². The molecule has 1 N–H and O–H groups in total. The van der Waals surface area contributed by atoms with Gasteiger partial charge < -0.3 is 10.0 Å². The summed E-state index contributed by atoms with van der Waals surface area (Å²) >= 11 is 6.01. The van der Waals surface area contributed by atoms with Crippen LogP contribution >= 0.6 is 11.6 Å². The summed E-state index contributed by atoms with van der Waals surface area (Å²) in [4.78, 5) is 13.5. The number of rotatable bonds is 2. The van der Waals surface area contributed by atoms with Crippen molar-refractivity contribution in [3.8, 4) is 0 Å². The summed E-state index contributed by atoms with van der Waals surface area (Å²) in [7, 11) is 0. The van der Waals surface area contributed by atoms with E-state index in [0.29, 0.717) is 23.7 Å². The van der Waals surface area contributed by atoms with Gasteiger partial charge in [0.2, 0.25) is 5.91 Å². The van der Waals surface area contributed by atoms with E-state index in [1.54, 1.807) is 24.0 Å². The Kier molecular flexibility index (Phi) is 3.50. The largest absolute Gasteiger partial charge is 0.389 e. The monoisotopic (exact) mass is 251 g/mol. The summed E-state index contributed by atoms with van der Waals surface area (Å²) in [6.45, 7) is 2.61. The molecule has 0 spiro atoms. The van der Waals surface area contributed by atoms with Gasteiger partial charge in [-0.15, -0.1) is 0 Å². The van der Waals surface area contributed by atoms with Gasteiger partial charge in [-0.1, -0.05) is 29.8 Å². The molecule has 0 bridgehead atoms. The first-order chi connectivity index (χ1) is 8.08. The van der Waals surface area contributed by atoms with Gasteiger partial charge in [0, 0.05) is 23.7 Å². The van der Waals surface area contributed by atoms with Gasteiger partial charge in [-0.3, -0.25) is 4.79 Å². The van der Waals surface area contributed by atoms with Crippen molar-refractivity contribution in [2.75, 3.05) is 13.1 Å². The Labute approximate surface area is 105 Å². The van der Waals surface area contributed by atoms with Crippen molar-refractivity contribution in [1.29, 1.82) is 0 Å². The Morgan fingerprint density at radius 1 is 1.47 bits per heavy atom. The highest BCUT2D eigenvalue weighted by molar-refractivity contribution is 6.32. The van der Waals surface area contributed by atoms with Crippen molar-refractivity contribution in [3.63, 3.8) is 0 Å². The van der Waals surface area contributed by atoms with Crippen LogP contribution in [0.25, 0.3) is 6.08 Å². The lowest BCUT2D eigenvalue weighted by Gasteiger charge is -2.36. The Bertz CT molecular complexity index is 464. The van der Waals surface area contributed by atoms with Crippen LogP contribution in [-0.2, 0) is 4.79 Å². The van der Waals surface area contributed by atoms with Gasteiger partial charge in [0.15, 0.2) is 0 Å². The normalized spacial score (nSPS) is 16.9. The molecule has 2 rings (SSSR count). The number of aliphatic hydroxyl groups is 1. The predicted octanol–water partition coefficient (Wildman–Crippen LogP) is 1.95. The third-order valence-electron chi connectivity index (χ3n) is 2.76. The number of benzene rings is 1. The molecular weight excluding hydrogens is 238 g/mol. The van der Waals surface area contributed by atoms with Crippen molar-refractivity contribution in [2.45, 2.75) is 13.0 Å². The highest BCUT2D eigenvalue weighted by Crippen LogP contribution is 2.20. The second kappa shape index (κ2) is 4.90. The van der Waals surface area contributed by atoms with Gasteiger partial charge in [-0.2, -0.15) is 0 Å². The molecule has 0 aromatic heterocycles. The molecule has 0 unspecified atom stereocenters. The van der Waals surface area contributed by atoms with E-state index >= 15 is 0 Å². The second-order valence-electron chi connectivity index (χ2n) is 4.21. The Hall–Kier alpha value is -1.32. The number of nitrogens with zero attached hydrogens (tertiary/aromatic N) is 1. The van der Waals surface area contributed by atoms with Gasteiger partial charge in [0.25, 0.3) is 0 Å². The van der Waals surface area contributed by atoms with Crippen molar-refractivity contribution in [2.24, 2.45) is 0 Å². The van der Waals surface area contributed by atoms with Crippen LogP contribution in [0.4, 0.5) is 0 Å². The molecule has 1 aromatic rings. The molecule has 90 valence electrons. The third kappa shape index (κ3) is 2.68. The maximum absolute atomic E-state index is 11.9. The maximum Gasteiger partial charge on any atom is 0.249 e. The number of amides is 1. The van der Waals surface area contributed by atoms with Crippen LogP contribution in [0.2, 0.25) is 5.02 Å². The van der Waals surface area contributed by atoms with E-state index in [1.807, 2.05) is 18.2 Å². The van der Waals surface area contributed by atoms with E-state index in [2.05, 4.69) is 0 Å². The van der Waals surface area contributed by atoms with E-state index in [9.17, 15) is 4.79 Å². The van der Waals surface area contributed by atoms with E-state index in [0.717, 1.165) is 5.56 Å². The summed E-state index contributed by atoms with van der Waals surface area (Å²) < 4.78 is 0. The van der Waals surface area contributed by atoms with Crippen molar-refractivity contribution in [3.05, 3.63) is 40.4 Å². The first-order valence-corrected chi connectivity index (χ1v) is 5.86. The molecule has 1 saturated heterocycles. The molecule has 1 amide bonds. The van der Waals surface area contributed by atoms with Crippen LogP contribution in [0.3, 0.4) is 0 Å². The number of β-amino-alcohol motifs (C(OH)–C–C–N with tert-alkyl or cyclic N) is 1. The standard InChI is InChI=1S/C13H14ClNO2/c1-9(13(17)15-7-11(16)8-15)6-10-4-2-3-5-12(10)14/h2-6,11,16H,7-8H2,1H3/b9-6-. The number of hydrogen-bond acceptors (Lipinski definition) is 2. The molecule has 17 heavy (non-hydrogen) atoms. The molecule has 0 radical (unpaired) electrons. The number of carbonyl (C=O) groups excluding carboxylic acids is 1. The van der Waals surface area contributed by atoms with Gasteiger partial charge >= 0.3 is 0 Å². The lowest BCUT2D eigenvalue weighted by atomic mass is 10.1. The average Bonchev–Trinajstić information content (AvgIpc) is 2.27. The van der Waals surface area contributed by atoms with Crippen molar-refractivity contribution < 1.29 is 9.90 Å². The van der Waals surface area contributed by atoms with Gasteiger partial charge in [-0.05, 0) is 24.6 Å². The molecule has 0 aliphatic carbocycles. The molecule has 1 aliphatic rings.